The van der Waals surface area contributed by atoms with Crippen LogP contribution in [0.3, 0.4) is 0 Å². The molecule has 3 atom stereocenters. The van der Waals surface area contributed by atoms with Gasteiger partial charge in [-0.15, -0.1) is 11.3 Å². The van der Waals surface area contributed by atoms with Crippen molar-refractivity contribution in [1.29, 1.82) is 0 Å². The molecule has 0 spiro atoms. The van der Waals surface area contributed by atoms with Gasteiger partial charge in [0, 0.05) is 40.4 Å². The molecule has 0 aliphatic carbocycles. The molecule has 6 nitrogen and oxygen atoms in total. The lowest BCUT2D eigenvalue weighted by atomic mass is 9.98. The number of aromatic nitrogens is 1. The van der Waals surface area contributed by atoms with Crippen molar-refractivity contribution in [2.75, 3.05) is 29.3 Å². The van der Waals surface area contributed by atoms with Gasteiger partial charge in [-0.05, 0) is 73.3 Å². The first-order valence-corrected chi connectivity index (χ1v) is 13.5. The SMILES string of the molecule is O=C1[C@@H](N2CC[C@@H](c3cc(Cl)cc(Cl)c3)C2)CCN1c1ccc([S+]([O-])Nc2nccs2)cc1. The van der Waals surface area contributed by atoms with Gasteiger partial charge in [-0.1, -0.05) is 23.2 Å². The Labute approximate surface area is 209 Å². The topological polar surface area (TPSA) is 71.5 Å². The van der Waals surface area contributed by atoms with Gasteiger partial charge in [0.2, 0.25) is 11.0 Å². The van der Waals surface area contributed by atoms with Gasteiger partial charge in [-0.25, -0.2) is 4.98 Å². The van der Waals surface area contributed by atoms with Crippen LogP contribution < -0.4 is 9.62 Å². The molecule has 2 aliphatic rings. The molecule has 1 amide bonds. The second-order valence-corrected chi connectivity index (χ2v) is 11.2. The number of rotatable bonds is 6. The highest BCUT2D eigenvalue weighted by Gasteiger charge is 2.40. The molecule has 3 heterocycles. The molecule has 10 heteroatoms. The van der Waals surface area contributed by atoms with E-state index in [1.54, 1.807) is 24.4 Å². The van der Waals surface area contributed by atoms with Crippen molar-refractivity contribution in [1.82, 2.24) is 9.88 Å². The van der Waals surface area contributed by atoms with Gasteiger partial charge in [0.05, 0.1) is 6.04 Å². The summed E-state index contributed by atoms with van der Waals surface area (Å²) in [6.45, 7) is 2.37. The van der Waals surface area contributed by atoms with Gasteiger partial charge in [0.1, 0.15) is 11.4 Å². The quantitative estimate of drug-likeness (QED) is 0.453. The van der Waals surface area contributed by atoms with E-state index in [9.17, 15) is 9.35 Å². The third kappa shape index (κ3) is 5.01. The fourth-order valence-electron chi connectivity index (χ4n) is 4.58. The highest BCUT2D eigenvalue weighted by Crippen LogP contribution is 2.35. The van der Waals surface area contributed by atoms with Crippen molar-refractivity contribution in [3.63, 3.8) is 0 Å². The van der Waals surface area contributed by atoms with E-state index >= 15 is 0 Å². The molecule has 3 aromatic rings. The first-order chi connectivity index (χ1) is 16.0. The maximum Gasteiger partial charge on any atom is 0.244 e. The molecule has 172 valence electrons. The molecule has 33 heavy (non-hydrogen) atoms. The summed E-state index contributed by atoms with van der Waals surface area (Å²) in [5.74, 6) is 0.442. The zero-order valence-electron chi connectivity index (χ0n) is 17.6. The maximum atomic E-state index is 13.2. The molecule has 1 unspecified atom stereocenters. The van der Waals surface area contributed by atoms with Crippen molar-refractivity contribution < 1.29 is 9.35 Å². The van der Waals surface area contributed by atoms with Crippen LogP contribution in [-0.4, -0.2) is 46.0 Å². The van der Waals surface area contributed by atoms with Crippen LogP contribution in [0, 0.1) is 0 Å². The number of anilines is 2. The van der Waals surface area contributed by atoms with E-state index in [0.29, 0.717) is 32.5 Å². The lowest BCUT2D eigenvalue weighted by molar-refractivity contribution is -0.121. The standard InChI is InChI=1S/C23H22Cl2N4O2S2/c24-17-11-16(12-18(25)13-17)15-5-8-28(14-15)21-6-9-29(22(21)30)19-1-3-20(4-2-19)33(31)27-23-26-7-10-32-23/h1-4,7,10-13,15,21H,5-6,8-9,14H2,(H,26,27)/t15-,21+,33?/m1/s1. The van der Waals surface area contributed by atoms with Crippen molar-refractivity contribution in [2.24, 2.45) is 0 Å². The van der Waals surface area contributed by atoms with Crippen molar-refractivity contribution in [3.8, 4) is 0 Å². The number of hydrogen-bond acceptors (Lipinski definition) is 6. The Morgan fingerprint density at radius 1 is 1.09 bits per heavy atom. The molecular weight excluding hydrogens is 499 g/mol. The highest BCUT2D eigenvalue weighted by molar-refractivity contribution is 7.93. The number of hydrogen-bond donors (Lipinski definition) is 1. The van der Waals surface area contributed by atoms with Crippen LogP contribution in [-0.2, 0) is 16.2 Å². The Bertz CT molecular complexity index is 1110. The Hall–Kier alpha value is -1.81. The average molecular weight is 521 g/mol. The summed E-state index contributed by atoms with van der Waals surface area (Å²) >= 11 is 12.4. The number of carbonyl (C=O) groups is 1. The number of thiazole rings is 1. The van der Waals surface area contributed by atoms with Crippen LogP contribution in [0.15, 0.2) is 58.9 Å². The second kappa shape index (κ2) is 9.82. The summed E-state index contributed by atoms with van der Waals surface area (Å²) in [6, 6.07) is 12.9. The van der Waals surface area contributed by atoms with E-state index in [-0.39, 0.29) is 11.9 Å². The van der Waals surface area contributed by atoms with Gasteiger partial charge in [-0.3, -0.25) is 9.69 Å². The third-order valence-electron chi connectivity index (χ3n) is 6.17. The second-order valence-electron chi connectivity index (χ2n) is 8.18. The van der Waals surface area contributed by atoms with Crippen LogP contribution in [0.1, 0.15) is 24.3 Å². The number of carbonyl (C=O) groups excluding carboxylic acids is 1. The minimum atomic E-state index is -1.40. The summed E-state index contributed by atoms with van der Waals surface area (Å²) in [6.07, 6.45) is 3.43. The van der Waals surface area contributed by atoms with Gasteiger partial charge in [0.25, 0.3) is 0 Å². The first kappa shape index (κ1) is 23.0. The molecule has 5 rings (SSSR count). The maximum absolute atomic E-state index is 13.2. The molecule has 2 saturated heterocycles. The molecule has 2 fully saturated rings. The van der Waals surface area contributed by atoms with E-state index in [1.165, 1.54) is 11.3 Å². The lowest BCUT2D eigenvalue weighted by Gasteiger charge is -2.23. The van der Waals surface area contributed by atoms with Crippen molar-refractivity contribution in [2.45, 2.75) is 29.7 Å². The van der Waals surface area contributed by atoms with Crippen LogP contribution in [0.2, 0.25) is 10.0 Å². The fourth-order valence-corrected chi connectivity index (χ4v) is 6.62. The summed E-state index contributed by atoms with van der Waals surface area (Å²) in [4.78, 5) is 22.1. The molecular formula is C23H22Cl2N4O2S2. The molecule has 2 aromatic carbocycles. The van der Waals surface area contributed by atoms with E-state index < -0.39 is 11.4 Å². The summed E-state index contributed by atoms with van der Waals surface area (Å²) < 4.78 is 15.4. The third-order valence-corrected chi connectivity index (χ3v) is 8.50. The first-order valence-electron chi connectivity index (χ1n) is 10.7. The fraction of sp³-hybridized carbons (Fsp3) is 0.304. The molecule has 0 bridgehead atoms. The van der Waals surface area contributed by atoms with Crippen LogP contribution in [0.5, 0.6) is 0 Å². The van der Waals surface area contributed by atoms with E-state index in [0.717, 1.165) is 37.2 Å². The summed E-state index contributed by atoms with van der Waals surface area (Å²) in [5, 5.41) is 3.72. The molecule has 1 N–H and O–H groups in total. The number of nitrogens with one attached hydrogen (secondary N) is 1. The number of halogens is 2. The van der Waals surface area contributed by atoms with Crippen LogP contribution in [0.25, 0.3) is 0 Å². The Balaban J connectivity index is 1.22. The van der Waals surface area contributed by atoms with E-state index in [4.69, 9.17) is 23.2 Å². The van der Waals surface area contributed by atoms with Crippen molar-refractivity contribution >= 4 is 62.6 Å². The highest BCUT2D eigenvalue weighted by atomic mass is 35.5. The zero-order valence-corrected chi connectivity index (χ0v) is 20.8. The van der Waals surface area contributed by atoms with E-state index in [2.05, 4.69) is 14.6 Å². The molecule has 2 aliphatic heterocycles. The van der Waals surface area contributed by atoms with E-state index in [1.807, 2.05) is 34.5 Å². The largest absolute Gasteiger partial charge is 0.588 e. The molecule has 1 aromatic heterocycles. The predicted molar refractivity (Wildman–Crippen MR) is 135 cm³/mol. The van der Waals surface area contributed by atoms with Crippen molar-refractivity contribution in [3.05, 3.63) is 69.7 Å². The van der Waals surface area contributed by atoms with Gasteiger partial charge < -0.3 is 9.45 Å². The minimum Gasteiger partial charge on any atom is -0.588 e. The average Bonchev–Trinajstić information content (AvgIpc) is 3.54. The normalized spacial score (nSPS) is 22.2. The monoisotopic (exact) mass is 520 g/mol. The zero-order chi connectivity index (χ0) is 22.9. The molecule has 0 radical (unpaired) electrons. The van der Waals surface area contributed by atoms with Gasteiger partial charge in [0.15, 0.2) is 4.90 Å². The van der Waals surface area contributed by atoms with Crippen LogP contribution in [0.4, 0.5) is 10.8 Å². The summed E-state index contributed by atoms with van der Waals surface area (Å²) in [5.41, 5.74) is 1.96. The number of likely N-dealkylation sites (tertiary alicyclic amines) is 1. The Morgan fingerprint density at radius 2 is 1.85 bits per heavy atom. The molecule has 0 saturated carbocycles. The number of nitrogens with zero attached hydrogens (tertiary/aromatic N) is 3. The Kier molecular flexibility index (Phi) is 6.83. The Morgan fingerprint density at radius 3 is 2.55 bits per heavy atom. The number of amides is 1. The lowest BCUT2D eigenvalue weighted by Crippen LogP contribution is -2.40. The van der Waals surface area contributed by atoms with Gasteiger partial charge >= 0.3 is 0 Å². The van der Waals surface area contributed by atoms with Gasteiger partial charge in [-0.2, -0.15) is 4.72 Å². The minimum absolute atomic E-state index is 0.120. The summed E-state index contributed by atoms with van der Waals surface area (Å²) in [7, 11) is 0. The predicted octanol–water partition coefficient (Wildman–Crippen LogP) is 5.18. The smallest absolute Gasteiger partial charge is 0.244 e. The van der Waals surface area contributed by atoms with Crippen LogP contribution >= 0.6 is 34.5 Å². The number of benzene rings is 2.